The standard InChI is InChI=1S/C24H34F3N5O3/c1-3-23(6-4-15(10-23)30-18-5-7-35-13-19(18)34-2)22(33)32-12-16-8-17(32)11-31(16)21-9-20(24(25,26)27)28-14-29-21/h9,14-19,30H,3-8,10-13H2,1-2H3/t15-,16-,17+,18+,19-,23+/m1/s1. The number of amides is 1. The number of piperazine rings is 1. The van der Waals surface area contributed by atoms with Crippen molar-refractivity contribution in [2.45, 2.75) is 81.9 Å². The highest BCUT2D eigenvalue weighted by Crippen LogP contribution is 2.46. The van der Waals surface area contributed by atoms with E-state index in [1.54, 1.807) is 7.11 Å². The van der Waals surface area contributed by atoms with Crippen molar-refractivity contribution in [2.24, 2.45) is 5.41 Å². The second-order valence-corrected chi connectivity index (χ2v) is 10.4. The van der Waals surface area contributed by atoms with Gasteiger partial charge in [-0.15, -0.1) is 0 Å². The van der Waals surface area contributed by atoms with Crippen LogP contribution in [0.25, 0.3) is 0 Å². The van der Waals surface area contributed by atoms with Gasteiger partial charge in [0.05, 0.1) is 30.2 Å². The quantitative estimate of drug-likeness (QED) is 0.647. The molecule has 1 N–H and O–H groups in total. The third kappa shape index (κ3) is 4.62. The normalized spacial score (nSPS) is 35.2. The van der Waals surface area contributed by atoms with Crippen LogP contribution >= 0.6 is 0 Å². The maximum Gasteiger partial charge on any atom is 0.433 e. The van der Waals surface area contributed by atoms with Gasteiger partial charge >= 0.3 is 6.18 Å². The van der Waals surface area contributed by atoms with Crippen LogP contribution in [0.2, 0.25) is 0 Å². The van der Waals surface area contributed by atoms with Gasteiger partial charge in [-0.25, -0.2) is 9.97 Å². The van der Waals surface area contributed by atoms with E-state index in [1.165, 1.54) is 0 Å². The average Bonchev–Trinajstić information content (AvgIpc) is 3.58. The third-order valence-corrected chi connectivity index (χ3v) is 8.53. The van der Waals surface area contributed by atoms with Crippen LogP contribution in [0.4, 0.5) is 19.0 Å². The first-order valence-corrected chi connectivity index (χ1v) is 12.6. The van der Waals surface area contributed by atoms with Gasteiger partial charge in [-0.3, -0.25) is 4.79 Å². The zero-order valence-electron chi connectivity index (χ0n) is 20.3. The van der Waals surface area contributed by atoms with Crippen molar-refractivity contribution in [3.05, 3.63) is 18.1 Å². The second-order valence-electron chi connectivity index (χ2n) is 10.4. The summed E-state index contributed by atoms with van der Waals surface area (Å²) in [5.41, 5.74) is -1.33. The van der Waals surface area contributed by atoms with E-state index in [4.69, 9.17) is 9.47 Å². The number of halogens is 3. The minimum atomic E-state index is -4.51. The second kappa shape index (κ2) is 9.48. The summed E-state index contributed by atoms with van der Waals surface area (Å²) in [5, 5.41) is 3.74. The minimum Gasteiger partial charge on any atom is -0.379 e. The van der Waals surface area contributed by atoms with E-state index in [0.29, 0.717) is 26.3 Å². The summed E-state index contributed by atoms with van der Waals surface area (Å²) in [6.07, 6.45) is 1.52. The molecule has 194 valence electrons. The number of fused-ring (bicyclic) bond motifs is 2. The first kappa shape index (κ1) is 24.7. The Balaban J connectivity index is 1.23. The molecule has 8 nitrogen and oxygen atoms in total. The lowest BCUT2D eigenvalue weighted by Gasteiger charge is -2.40. The highest BCUT2D eigenvalue weighted by Gasteiger charge is 2.53. The monoisotopic (exact) mass is 497 g/mol. The molecule has 1 aliphatic carbocycles. The molecule has 1 aromatic rings. The predicted octanol–water partition coefficient (Wildman–Crippen LogP) is 2.63. The molecule has 1 saturated carbocycles. The fourth-order valence-corrected chi connectivity index (χ4v) is 6.53. The molecule has 3 saturated heterocycles. The van der Waals surface area contributed by atoms with E-state index in [1.807, 2.05) is 9.80 Å². The Hall–Kier alpha value is -1.98. The summed E-state index contributed by atoms with van der Waals surface area (Å²) >= 11 is 0. The van der Waals surface area contributed by atoms with Gasteiger partial charge in [0, 0.05) is 45.0 Å². The van der Waals surface area contributed by atoms with E-state index in [9.17, 15) is 18.0 Å². The zero-order valence-corrected chi connectivity index (χ0v) is 20.3. The molecule has 4 heterocycles. The number of alkyl halides is 3. The number of aromatic nitrogens is 2. The molecule has 3 aliphatic heterocycles. The van der Waals surface area contributed by atoms with Crippen molar-refractivity contribution in [3.63, 3.8) is 0 Å². The van der Waals surface area contributed by atoms with Gasteiger partial charge in [0.2, 0.25) is 5.91 Å². The minimum absolute atomic E-state index is 0.000557. The zero-order chi connectivity index (χ0) is 24.8. The maximum absolute atomic E-state index is 13.8. The molecular formula is C24H34F3N5O3. The maximum atomic E-state index is 13.8. The van der Waals surface area contributed by atoms with Gasteiger partial charge < -0.3 is 24.6 Å². The highest BCUT2D eigenvalue weighted by atomic mass is 19.4. The Morgan fingerprint density at radius 1 is 1.29 bits per heavy atom. The number of hydrogen-bond donors (Lipinski definition) is 1. The van der Waals surface area contributed by atoms with Gasteiger partial charge in [-0.1, -0.05) is 6.92 Å². The van der Waals surface area contributed by atoms with E-state index in [0.717, 1.165) is 50.9 Å². The number of rotatable bonds is 6. The number of carbonyl (C=O) groups is 1. The van der Waals surface area contributed by atoms with Crippen molar-refractivity contribution >= 4 is 11.7 Å². The number of likely N-dealkylation sites (tertiary alicyclic amines) is 1. The molecule has 2 bridgehead atoms. The fourth-order valence-electron chi connectivity index (χ4n) is 6.53. The molecule has 5 rings (SSSR count). The molecule has 0 unspecified atom stereocenters. The van der Waals surface area contributed by atoms with Crippen LogP contribution in [0.3, 0.4) is 0 Å². The summed E-state index contributed by atoms with van der Waals surface area (Å²) in [5.74, 6) is 0.483. The van der Waals surface area contributed by atoms with Crippen molar-refractivity contribution in [2.75, 3.05) is 38.3 Å². The number of methoxy groups -OCH3 is 1. The molecule has 11 heteroatoms. The lowest BCUT2D eigenvalue weighted by molar-refractivity contribution is -0.143. The van der Waals surface area contributed by atoms with Crippen LogP contribution in [-0.2, 0) is 20.4 Å². The molecule has 0 aromatic carbocycles. The van der Waals surface area contributed by atoms with E-state index in [-0.39, 0.29) is 47.4 Å². The first-order valence-electron chi connectivity index (χ1n) is 12.6. The van der Waals surface area contributed by atoms with E-state index < -0.39 is 11.9 Å². The summed E-state index contributed by atoms with van der Waals surface area (Å²) in [6, 6.07) is 1.48. The SMILES string of the molecule is CC[C@]1(C(=O)N2C[C@H]3C[C@H]2CN3c2cc(C(F)(F)F)ncn2)CC[C@@H](N[C@H]2CCOC[C@H]2OC)C1. The molecule has 6 atom stereocenters. The Morgan fingerprint density at radius 2 is 2.11 bits per heavy atom. The molecule has 0 radical (unpaired) electrons. The van der Waals surface area contributed by atoms with Crippen LogP contribution in [0, 0.1) is 5.41 Å². The number of ether oxygens (including phenoxy) is 2. The molecule has 0 spiro atoms. The first-order chi connectivity index (χ1) is 16.7. The molecule has 1 amide bonds. The number of hydrogen-bond acceptors (Lipinski definition) is 7. The van der Waals surface area contributed by atoms with Gasteiger partial charge in [0.1, 0.15) is 17.8 Å². The van der Waals surface area contributed by atoms with Crippen LogP contribution in [-0.4, -0.2) is 84.5 Å². The lowest BCUT2D eigenvalue weighted by atomic mass is 9.81. The van der Waals surface area contributed by atoms with E-state index in [2.05, 4.69) is 22.2 Å². The van der Waals surface area contributed by atoms with Gasteiger partial charge in [-0.2, -0.15) is 13.2 Å². The van der Waals surface area contributed by atoms with Crippen molar-refractivity contribution in [3.8, 4) is 0 Å². The Morgan fingerprint density at radius 3 is 2.80 bits per heavy atom. The topological polar surface area (TPSA) is 79.8 Å². The molecule has 4 fully saturated rings. The number of nitrogens with one attached hydrogen (secondary N) is 1. The molecule has 35 heavy (non-hydrogen) atoms. The Labute approximate surface area is 203 Å². The van der Waals surface area contributed by atoms with Crippen LogP contribution in [0.5, 0.6) is 0 Å². The van der Waals surface area contributed by atoms with Gasteiger partial charge in [0.15, 0.2) is 0 Å². The Kier molecular flexibility index (Phi) is 6.69. The van der Waals surface area contributed by atoms with Crippen molar-refractivity contribution < 1.29 is 27.4 Å². The summed E-state index contributed by atoms with van der Waals surface area (Å²) in [7, 11) is 1.71. The highest BCUT2D eigenvalue weighted by molar-refractivity contribution is 5.84. The van der Waals surface area contributed by atoms with E-state index >= 15 is 0 Å². The van der Waals surface area contributed by atoms with Gasteiger partial charge in [0.25, 0.3) is 0 Å². The average molecular weight is 498 g/mol. The van der Waals surface area contributed by atoms with Crippen LogP contribution < -0.4 is 10.2 Å². The fraction of sp³-hybridized carbons (Fsp3) is 0.792. The largest absolute Gasteiger partial charge is 0.433 e. The molecule has 1 aromatic heterocycles. The lowest BCUT2D eigenvalue weighted by Crippen LogP contribution is -2.54. The number of anilines is 1. The summed E-state index contributed by atoms with van der Waals surface area (Å²) < 4.78 is 50.4. The summed E-state index contributed by atoms with van der Waals surface area (Å²) in [4.78, 5) is 25.2. The third-order valence-electron chi connectivity index (χ3n) is 8.53. The molecular weight excluding hydrogens is 463 g/mol. The smallest absolute Gasteiger partial charge is 0.379 e. The Bertz CT molecular complexity index is 934. The molecule has 4 aliphatic rings. The van der Waals surface area contributed by atoms with Gasteiger partial charge in [-0.05, 0) is 38.5 Å². The number of nitrogens with zero attached hydrogens (tertiary/aromatic N) is 4. The van der Waals surface area contributed by atoms with Crippen LogP contribution in [0.15, 0.2) is 12.4 Å². The predicted molar refractivity (Wildman–Crippen MR) is 122 cm³/mol. The number of carbonyl (C=O) groups excluding carboxylic acids is 1. The van der Waals surface area contributed by atoms with Crippen molar-refractivity contribution in [1.82, 2.24) is 20.2 Å². The van der Waals surface area contributed by atoms with Crippen molar-refractivity contribution in [1.29, 1.82) is 0 Å². The summed E-state index contributed by atoms with van der Waals surface area (Å²) in [6.45, 7) is 4.42. The van der Waals surface area contributed by atoms with Crippen LogP contribution in [0.1, 0.15) is 51.1 Å².